The van der Waals surface area contributed by atoms with Gasteiger partial charge in [-0.2, -0.15) is 0 Å². The standard InChI is InChI=1S/C24H38O4/c1-14(4-7-22(27)28)17-5-6-18-16-13-21(26)20-12-15(25)8-10-24(20,3)19(16)9-11-23(17,18)2/h12,14-19,21,25-26H,4-11,13H2,1-3H3,(H,27,28)/t14-,15-,16+,17-,18+,19+,21-,23-,24-/m1/s1. The smallest absolute Gasteiger partial charge is 0.303 e. The van der Waals surface area contributed by atoms with E-state index in [1.807, 2.05) is 6.08 Å². The lowest BCUT2D eigenvalue weighted by Gasteiger charge is -2.60. The van der Waals surface area contributed by atoms with Gasteiger partial charge >= 0.3 is 5.97 Å². The Morgan fingerprint density at radius 3 is 2.61 bits per heavy atom. The molecule has 0 aromatic heterocycles. The normalized spacial score (nSPS) is 48.8. The second-order valence-corrected chi connectivity index (χ2v) is 10.9. The van der Waals surface area contributed by atoms with Gasteiger partial charge in [-0.1, -0.05) is 26.8 Å². The number of aliphatic hydroxyl groups excluding tert-OH is 2. The molecule has 3 N–H and O–H groups in total. The van der Waals surface area contributed by atoms with Gasteiger partial charge in [0.05, 0.1) is 12.2 Å². The van der Waals surface area contributed by atoms with Crippen LogP contribution in [0.15, 0.2) is 11.6 Å². The van der Waals surface area contributed by atoms with E-state index in [-0.39, 0.29) is 17.3 Å². The van der Waals surface area contributed by atoms with Crippen molar-refractivity contribution in [2.75, 3.05) is 0 Å². The molecule has 0 unspecified atom stereocenters. The highest BCUT2D eigenvalue weighted by Gasteiger charge is 2.60. The monoisotopic (exact) mass is 390 g/mol. The van der Waals surface area contributed by atoms with Crippen LogP contribution in [0, 0.1) is 40.4 Å². The molecule has 0 amide bonds. The van der Waals surface area contributed by atoms with Gasteiger partial charge < -0.3 is 15.3 Å². The molecule has 3 saturated carbocycles. The number of carbonyl (C=O) groups is 1. The predicted molar refractivity (Wildman–Crippen MR) is 109 cm³/mol. The lowest BCUT2D eigenvalue weighted by Crippen LogP contribution is -2.54. The fourth-order valence-corrected chi connectivity index (χ4v) is 8.28. The van der Waals surface area contributed by atoms with Crippen molar-refractivity contribution in [2.45, 2.75) is 90.8 Å². The van der Waals surface area contributed by atoms with Crippen molar-refractivity contribution < 1.29 is 20.1 Å². The van der Waals surface area contributed by atoms with Crippen LogP contribution in [-0.4, -0.2) is 33.5 Å². The number of aliphatic hydroxyl groups is 2. The van der Waals surface area contributed by atoms with E-state index in [1.165, 1.54) is 25.7 Å². The van der Waals surface area contributed by atoms with Gasteiger partial charge in [-0.25, -0.2) is 0 Å². The van der Waals surface area contributed by atoms with Crippen LogP contribution < -0.4 is 0 Å². The van der Waals surface area contributed by atoms with E-state index in [1.54, 1.807) is 0 Å². The maximum Gasteiger partial charge on any atom is 0.303 e. The van der Waals surface area contributed by atoms with Crippen molar-refractivity contribution in [3.05, 3.63) is 11.6 Å². The molecule has 158 valence electrons. The molecule has 0 aliphatic heterocycles. The van der Waals surface area contributed by atoms with E-state index in [0.717, 1.165) is 31.3 Å². The van der Waals surface area contributed by atoms with Gasteiger partial charge in [0.1, 0.15) is 0 Å². The quantitative estimate of drug-likeness (QED) is 0.622. The number of carboxylic acid groups (broad SMARTS) is 1. The Hall–Kier alpha value is -0.870. The highest BCUT2D eigenvalue weighted by Crippen LogP contribution is 2.67. The molecular weight excluding hydrogens is 352 g/mol. The second kappa shape index (κ2) is 7.12. The fraction of sp³-hybridized carbons (Fsp3) is 0.875. The molecule has 4 nitrogen and oxygen atoms in total. The first-order chi connectivity index (χ1) is 13.2. The van der Waals surface area contributed by atoms with Crippen LogP contribution in [0.5, 0.6) is 0 Å². The summed E-state index contributed by atoms with van der Waals surface area (Å²) in [5.74, 6) is 2.18. The highest BCUT2D eigenvalue weighted by atomic mass is 16.4. The van der Waals surface area contributed by atoms with Gasteiger partial charge in [0.15, 0.2) is 0 Å². The van der Waals surface area contributed by atoms with Crippen LogP contribution >= 0.6 is 0 Å². The third-order valence-electron chi connectivity index (χ3n) is 9.67. The average molecular weight is 391 g/mol. The maximum absolute atomic E-state index is 11.0. The molecule has 0 spiro atoms. The first-order valence-corrected chi connectivity index (χ1v) is 11.5. The van der Waals surface area contributed by atoms with Crippen LogP contribution in [0.3, 0.4) is 0 Å². The second-order valence-electron chi connectivity index (χ2n) is 10.9. The predicted octanol–water partition coefficient (Wildman–Crippen LogP) is 4.40. The zero-order valence-corrected chi connectivity index (χ0v) is 17.7. The molecule has 0 aromatic carbocycles. The largest absolute Gasteiger partial charge is 0.481 e. The van der Waals surface area contributed by atoms with Gasteiger partial charge in [0.2, 0.25) is 0 Å². The Morgan fingerprint density at radius 1 is 1.14 bits per heavy atom. The van der Waals surface area contributed by atoms with Crippen molar-refractivity contribution in [1.29, 1.82) is 0 Å². The number of carboxylic acids is 1. The van der Waals surface area contributed by atoms with E-state index in [2.05, 4.69) is 20.8 Å². The van der Waals surface area contributed by atoms with Crippen LogP contribution in [0.4, 0.5) is 0 Å². The molecule has 0 aromatic rings. The van der Waals surface area contributed by atoms with Crippen molar-refractivity contribution in [1.82, 2.24) is 0 Å². The SMILES string of the molecule is C[C@H](CCC(=O)O)[C@H]1CC[C@H]2[C@@H]3C[C@@H](O)C4=C[C@H](O)CC[C@]4(C)[C@H]3CC[C@]12C. The number of hydrogen-bond donors (Lipinski definition) is 3. The Balaban J connectivity index is 1.57. The van der Waals surface area contributed by atoms with E-state index in [4.69, 9.17) is 5.11 Å². The lowest BCUT2D eigenvalue weighted by atomic mass is 9.46. The topological polar surface area (TPSA) is 77.8 Å². The molecule has 4 aliphatic rings. The van der Waals surface area contributed by atoms with Crippen molar-refractivity contribution in [3.8, 4) is 0 Å². The number of fused-ring (bicyclic) bond motifs is 5. The lowest BCUT2D eigenvalue weighted by molar-refractivity contribution is -0.137. The molecule has 4 rings (SSSR count). The summed E-state index contributed by atoms with van der Waals surface area (Å²) in [6, 6.07) is 0. The van der Waals surface area contributed by atoms with E-state index < -0.39 is 18.2 Å². The Morgan fingerprint density at radius 2 is 1.89 bits per heavy atom. The minimum Gasteiger partial charge on any atom is -0.481 e. The molecule has 28 heavy (non-hydrogen) atoms. The van der Waals surface area contributed by atoms with Crippen LogP contribution in [0.1, 0.15) is 78.6 Å². The molecule has 3 fully saturated rings. The number of aliphatic carboxylic acids is 1. The van der Waals surface area contributed by atoms with Crippen molar-refractivity contribution in [3.63, 3.8) is 0 Å². The molecule has 0 radical (unpaired) electrons. The number of rotatable bonds is 4. The van der Waals surface area contributed by atoms with Crippen LogP contribution in [-0.2, 0) is 4.79 Å². The summed E-state index contributed by atoms with van der Waals surface area (Å²) in [6.07, 6.45) is 9.72. The molecule has 0 bridgehead atoms. The summed E-state index contributed by atoms with van der Waals surface area (Å²) in [5, 5.41) is 30.2. The summed E-state index contributed by atoms with van der Waals surface area (Å²) < 4.78 is 0. The van der Waals surface area contributed by atoms with Gasteiger partial charge in [0.25, 0.3) is 0 Å². The zero-order chi connectivity index (χ0) is 20.3. The minimum absolute atomic E-state index is 0.0376. The summed E-state index contributed by atoms with van der Waals surface area (Å²) in [6.45, 7) is 7.07. The molecule has 4 aliphatic carbocycles. The van der Waals surface area contributed by atoms with Crippen molar-refractivity contribution >= 4 is 5.97 Å². The molecule has 0 heterocycles. The molecule has 0 saturated heterocycles. The zero-order valence-electron chi connectivity index (χ0n) is 17.7. The average Bonchev–Trinajstić information content (AvgIpc) is 2.99. The van der Waals surface area contributed by atoms with Gasteiger partial charge in [-0.3, -0.25) is 4.79 Å². The first kappa shape index (κ1) is 20.4. The van der Waals surface area contributed by atoms with Crippen LogP contribution in [0.25, 0.3) is 0 Å². The fourth-order valence-electron chi connectivity index (χ4n) is 8.28. The molecular formula is C24H38O4. The Labute approximate surface area is 169 Å². The number of hydrogen-bond acceptors (Lipinski definition) is 3. The Bertz CT molecular complexity index is 657. The third-order valence-corrected chi connectivity index (χ3v) is 9.67. The van der Waals surface area contributed by atoms with Crippen LogP contribution in [0.2, 0.25) is 0 Å². The van der Waals surface area contributed by atoms with E-state index in [0.29, 0.717) is 29.6 Å². The summed E-state index contributed by atoms with van der Waals surface area (Å²) in [5.41, 5.74) is 1.43. The van der Waals surface area contributed by atoms with Gasteiger partial charge in [-0.15, -0.1) is 0 Å². The third kappa shape index (κ3) is 3.06. The van der Waals surface area contributed by atoms with E-state index >= 15 is 0 Å². The maximum atomic E-state index is 11.0. The van der Waals surface area contributed by atoms with Gasteiger partial charge in [0, 0.05) is 6.42 Å². The molecule has 4 heteroatoms. The first-order valence-electron chi connectivity index (χ1n) is 11.5. The van der Waals surface area contributed by atoms with Gasteiger partial charge in [-0.05, 0) is 97.4 Å². The minimum atomic E-state index is -0.683. The highest BCUT2D eigenvalue weighted by molar-refractivity contribution is 5.66. The summed E-state index contributed by atoms with van der Waals surface area (Å²) in [7, 11) is 0. The summed E-state index contributed by atoms with van der Waals surface area (Å²) >= 11 is 0. The van der Waals surface area contributed by atoms with Crippen molar-refractivity contribution in [2.24, 2.45) is 40.4 Å². The Kier molecular flexibility index (Phi) is 5.19. The summed E-state index contributed by atoms with van der Waals surface area (Å²) in [4.78, 5) is 11.0. The molecule has 9 atom stereocenters. The van der Waals surface area contributed by atoms with E-state index in [9.17, 15) is 15.0 Å².